The molecule has 0 unspecified atom stereocenters. The molecule has 0 amide bonds. The number of anilines is 2. The number of hydrogen-bond acceptors (Lipinski definition) is 6. The van der Waals surface area contributed by atoms with Crippen LogP contribution in [-0.4, -0.2) is 49.8 Å². The van der Waals surface area contributed by atoms with Gasteiger partial charge in [-0.1, -0.05) is 30.3 Å². The minimum Gasteiger partial charge on any atom is -0.368 e. The highest BCUT2D eigenvalue weighted by atomic mass is 32.2. The zero-order chi connectivity index (χ0) is 21.1. The van der Waals surface area contributed by atoms with E-state index in [0.717, 1.165) is 43.3 Å². The van der Waals surface area contributed by atoms with Crippen molar-refractivity contribution in [3.63, 3.8) is 0 Å². The zero-order valence-corrected chi connectivity index (χ0v) is 18.1. The lowest BCUT2D eigenvalue weighted by Gasteiger charge is -2.36. The summed E-state index contributed by atoms with van der Waals surface area (Å²) in [4.78, 5) is 14.1. The molecule has 30 heavy (non-hydrogen) atoms. The van der Waals surface area contributed by atoms with Crippen molar-refractivity contribution in [3.8, 4) is 11.3 Å². The van der Waals surface area contributed by atoms with Crippen molar-refractivity contribution in [2.75, 3.05) is 36.0 Å². The summed E-state index contributed by atoms with van der Waals surface area (Å²) in [5, 5.41) is -0.443. The Balaban J connectivity index is 1.48. The third-order valence-corrected chi connectivity index (χ3v) is 7.62. The first-order valence-corrected chi connectivity index (χ1v) is 11.7. The van der Waals surface area contributed by atoms with Gasteiger partial charge >= 0.3 is 0 Å². The quantitative estimate of drug-likeness (QED) is 0.625. The molecule has 1 aliphatic rings. The fraction of sp³-hybridized carbons (Fsp3) is 0.304. The maximum absolute atomic E-state index is 12.3. The highest BCUT2D eigenvalue weighted by Crippen LogP contribution is 2.24. The number of para-hydroxylation sites is 1. The molecule has 6 nitrogen and oxygen atoms in total. The van der Waals surface area contributed by atoms with E-state index in [-0.39, 0.29) is 0 Å². The molecule has 4 rings (SSSR count). The fourth-order valence-corrected chi connectivity index (χ4v) is 4.63. The molecule has 0 aliphatic carbocycles. The van der Waals surface area contributed by atoms with E-state index in [1.807, 2.05) is 6.07 Å². The molecule has 0 bridgehead atoms. The van der Waals surface area contributed by atoms with Gasteiger partial charge in [0.25, 0.3) is 0 Å². The van der Waals surface area contributed by atoms with Crippen LogP contribution in [0.15, 0.2) is 71.9 Å². The molecule has 0 saturated carbocycles. The fourth-order valence-electron chi connectivity index (χ4n) is 3.57. The van der Waals surface area contributed by atoms with Crippen LogP contribution < -0.4 is 9.80 Å². The average Bonchev–Trinajstić information content (AvgIpc) is 2.80. The van der Waals surface area contributed by atoms with E-state index in [4.69, 9.17) is 4.98 Å². The van der Waals surface area contributed by atoms with Crippen LogP contribution in [0.5, 0.6) is 0 Å². The molecule has 2 aromatic carbocycles. The third-order valence-electron chi connectivity index (χ3n) is 5.45. The molecule has 7 heteroatoms. The summed E-state index contributed by atoms with van der Waals surface area (Å²) in [7, 11) is -3.28. The molecule has 1 saturated heterocycles. The van der Waals surface area contributed by atoms with E-state index < -0.39 is 15.1 Å². The molecular formula is C23H26N4O2S. The van der Waals surface area contributed by atoms with Crippen LogP contribution in [0, 0.1) is 0 Å². The van der Waals surface area contributed by atoms with Gasteiger partial charge in [0.1, 0.15) is 5.82 Å². The summed E-state index contributed by atoms with van der Waals surface area (Å²) in [5.41, 5.74) is 2.84. The number of piperazine rings is 1. The molecule has 2 heterocycles. The van der Waals surface area contributed by atoms with Crippen molar-refractivity contribution in [2.24, 2.45) is 0 Å². The summed E-state index contributed by atoms with van der Waals surface area (Å²) < 4.78 is 24.7. The van der Waals surface area contributed by atoms with Crippen molar-refractivity contribution in [1.29, 1.82) is 0 Å². The van der Waals surface area contributed by atoms with Gasteiger partial charge in [-0.15, -0.1) is 0 Å². The van der Waals surface area contributed by atoms with Gasteiger partial charge in [0, 0.05) is 37.4 Å². The van der Waals surface area contributed by atoms with E-state index in [9.17, 15) is 8.42 Å². The van der Waals surface area contributed by atoms with Gasteiger partial charge in [0.15, 0.2) is 9.84 Å². The Labute approximate surface area is 178 Å². The van der Waals surface area contributed by atoms with Crippen molar-refractivity contribution < 1.29 is 8.42 Å². The number of benzene rings is 2. The number of nitrogens with zero attached hydrogens (tertiary/aromatic N) is 4. The van der Waals surface area contributed by atoms with Gasteiger partial charge < -0.3 is 9.80 Å². The molecule has 1 aliphatic heterocycles. The molecule has 0 spiro atoms. The second kappa shape index (κ2) is 8.44. The van der Waals surface area contributed by atoms with Crippen LogP contribution >= 0.6 is 0 Å². The first kappa shape index (κ1) is 20.3. The molecular weight excluding hydrogens is 396 g/mol. The Morgan fingerprint density at radius 1 is 0.833 bits per heavy atom. The molecule has 0 atom stereocenters. The van der Waals surface area contributed by atoms with Gasteiger partial charge in [-0.25, -0.2) is 13.4 Å². The second-order valence-corrected chi connectivity index (χ2v) is 10.2. The molecule has 0 N–H and O–H groups in total. The van der Waals surface area contributed by atoms with Crippen LogP contribution in [0.2, 0.25) is 0 Å². The Kier molecular flexibility index (Phi) is 5.72. The van der Waals surface area contributed by atoms with E-state index in [1.54, 1.807) is 50.5 Å². The summed E-state index contributed by atoms with van der Waals surface area (Å²) in [6.45, 7) is 6.98. The maximum atomic E-state index is 12.3. The minimum absolute atomic E-state index is 0.336. The number of hydrogen-bond donors (Lipinski definition) is 0. The Bertz CT molecular complexity index is 1090. The highest BCUT2D eigenvalue weighted by molar-refractivity contribution is 7.92. The average molecular weight is 423 g/mol. The lowest BCUT2D eigenvalue weighted by atomic mass is 10.1. The van der Waals surface area contributed by atoms with Gasteiger partial charge in [0.2, 0.25) is 0 Å². The zero-order valence-electron chi connectivity index (χ0n) is 17.3. The molecule has 3 aromatic rings. The second-order valence-electron chi connectivity index (χ2n) is 7.69. The first-order chi connectivity index (χ1) is 14.4. The van der Waals surface area contributed by atoms with Crippen molar-refractivity contribution >= 4 is 21.3 Å². The maximum Gasteiger partial charge on any atom is 0.180 e. The summed E-state index contributed by atoms with van der Waals surface area (Å²) in [6.07, 6.45) is 3.51. The largest absolute Gasteiger partial charge is 0.368 e. The van der Waals surface area contributed by atoms with Crippen LogP contribution in [0.3, 0.4) is 0 Å². The molecule has 1 fully saturated rings. The minimum atomic E-state index is -3.28. The SMILES string of the molecule is CC(C)S(=O)(=O)c1ccc(-c2cncc(N3CCN(c4ccccc4)CC3)n2)cc1. The van der Waals surface area contributed by atoms with E-state index in [2.05, 4.69) is 39.0 Å². The van der Waals surface area contributed by atoms with E-state index in [0.29, 0.717) is 4.90 Å². The van der Waals surface area contributed by atoms with E-state index in [1.165, 1.54) is 5.69 Å². The Hall–Kier alpha value is -2.93. The van der Waals surface area contributed by atoms with Crippen molar-refractivity contribution in [1.82, 2.24) is 9.97 Å². The van der Waals surface area contributed by atoms with Gasteiger partial charge in [-0.3, -0.25) is 4.98 Å². The predicted octanol–water partition coefficient (Wildman–Crippen LogP) is 3.65. The van der Waals surface area contributed by atoms with Gasteiger partial charge in [-0.2, -0.15) is 0 Å². The standard InChI is InChI=1S/C23H26N4O2S/c1-18(2)30(28,29)21-10-8-19(9-11-21)22-16-24-17-23(25-22)27-14-12-26(13-15-27)20-6-4-3-5-7-20/h3-11,16-18H,12-15H2,1-2H3. The predicted molar refractivity (Wildman–Crippen MR) is 121 cm³/mol. The third kappa shape index (κ3) is 4.16. The summed E-state index contributed by atoms with van der Waals surface area (Å²) in [6, 6.07) is 17.3. The smallest absolute Gasteiger partial charge is 0.180 e. The van der Waals surface area contributed by atoms with E-state index >= 15 is 0 Å². The van der Waals surface area contributed by atoms with Gasteiger partial charge in [0.05, 0.1) is 28.2 Å². The Morgan fingerprint density at radius 3 is 2.10 bits per heavy atom. The molecule has 0 radical (unpaired) electrons. The monoisotopic (exact) mass is 422 g/mol. The Morgan fingerprint density at radius 2 is 1.47 bits per heavy atom. The van der Waals surface area contributed by atoms with Crippen LogP contribution in [-0.2, 0) is 9.84 Å². The van der Waals surface area contributed by atoms with Crippen molar-refractivity contribution in [3.05, 3.63) is 67.0 Å². The summed E-state index contributed by atoms with van der Waals surface area (Å²) >= 11 is 0. The van der Waals surface area contributed by atoms with Gasteiger partial charge in [-0.05, 0) is 38.1 Å². The number of sulfone groups is 1. The van der Waals surface area contributed by atoms with Crippen LogP contribution in [0.1, 0.15) is 13.8 Å². The normalized spacial score (nSPS) is 14.9. The first-order valence-electron chi connectivity index (χ1n) is 10.2. The topological polar surface area (TPSA) is 66.4 Å². The van der Waals surface area contributed by atoms with Crippen LogP contribution in [0.4, 0.5) is 11.5 Å². The van der Waals surface area contributed by atoms with Crippen LogP contribution in [0.25, 0.3) is 11.3 Å². The number of rotatable bonds is 5. The highest BCUT2D eigenvalue weighted by Gasteiger charge is 2.20. The lowest BCUT2D eigenvalue weighted by molar-refractivity contribution is 0.587. The lowest BCUT2D eigenvalue weighted by Crippen LogP contribution is -2.46. The van der Waals surface area contributed by atoms with Crippen molar-refractivity contribution in [2.45, 2.75) is 24.0 Å². The molecule has 156 valence electrons. The molecule has 1 aromatic heterocycles. The summed E-state index contributed by atoms with van der Waals surface area (Å²) in [5.74, 6) is 0.846. The number of aromatic nitrogens is 2.